The van der Waals surface area contributed by atoms with Gasteiger partial charge in [-0.25, -0.2) is 4.99 Å². The van der Waals surface area contributed by atoms with Crippen LogP contribution in [-0.2, 0) is 11.3 Å². The molecule has 1 fully saturated rings. The maximum atomic E-state index is 5.38. The standard InChI is InChI=1S/C19H29N5O/c1-2-20-19(21-8-5-9-24-10-12-25-13-11-24)22-15-17-14-16-6-3-4-7-18(16)23-17/h3-4,6-7,14,23H,2,5,8-13,15H2,1H3,(H2,20,21,22). The largest absolute Gasteiger partial charge is 0.379 e. The van der Waals surface area contributed by atoms with E-state index in [0.717, 1.165) is 69.5 Å². The summed E-state index contributed by atoms with van der Waals surface area (Å²) in [6.07, 6.45) is 1.11. The Hall–Kier alpha value is -2.05. The smallest absolute Gasteiger partial charge is 0.191 e. The van der Waals surface area contributed by atoms with Crippen LogP contribution in [0.4, 0.5) is 0 Å². The minimum atomic E-state index is 0.646. The maximum Gasteiger partial charge on any atom is 0.191 e. The van der Waals surface area contributed by atoms with Crippen molar-refractivity contribution >= 4 is 16.9 Å². The molecule has 136 valence electrons. The van der Waals surface area contributed by atoms with Crippen molar-refractivity contribution in [3.8, 4) is 0 Å². The molecule has 1 aliphatic rings. The summed E-state index contributed by atoms with van der Waals surface area (Å²) in [4.78, 5) is 10.6. The third-order valence-electron chi connectivity index (χ3n) is 4.38. The Kier molecular flexibility index (Phi) is 6.71. The van der Waals surface area contributed by atoms with Gasteiger partial charge in [-0.15, -0.1) is 0 Å². The molecular formula is C19H29N5O. The quantitative estimate of drug-likeness (QED) is 0.408. The normalized spacial score (nSPS) is 16.3. The summed E-state index contributed by atoms with van der Waals surface area (Å²) in [6, 6.07) is 10.5. The zero-order valence-electron chi connectivity index (χ0n) is 15.1. The van der Waals surface area contributed by atoms with Crippen LogP contribution in [0.2, 0.25) is 0 Å². The summed E-state index contributed by atoms with van der Waals surface area (Å²) in [7, 11) is 0. The third-order valence-corrected chi connectivity index (χ3v) is 4.38. The van der Waals surface area contributed by atoms with Crippen molar-refractivity contribution in [3.05, 3.63) is 36.0 Å². The molecule has 1 aromatic carbocycles. The minimum absolute atomic E-state index is 0.646. The summed E-state index contributed by atoms with van der Waals surface area (Å²) >= 11 is 0. The number of aromatic amines is 1. The number of ether oxygens (including phenoxy) is 1. The number of aliphatic imine (C=N–C) groups is 1. The second kappa shape index (κ2) is 9.44. The highest BCUT2D eigenvalue weighted by atomic mass is 16.5. The van der Waals surface area contributed by atoms with Gasteiger partial charge in [-0.05, 0) is 37.4 Å². The van der Waals surface area contributed by atoms with Crippen molar-refractivity contribution in [1.82, 2.24) is 20.5 Å². The molecule has 6 nitrogen and oxygen atoms in total. The summed E-state index contributed by atoms with van der Waals surface area (Å²) in [5.41, 5.74) is 2.29. The zero-order chi connectivity index (χ0) is 17.3. The summed E-state index contributed by atoms with van der Waals surface area (Å²) in [5.74, 6) is 0.878. The van der Waals surface area contributed by atoms with E-state index >= 15 is 0 Å². The lowest BCUT2D eigenvalue weighted by molar-refractivity contribution is 0.0376. The summed E-state index contributed by atoms with van der Waals surface area (Å²) in [6.45, 7) is 9.46. The van der Waals surface area contributed by atoms with Gasteiger partial charge in [0.1, 0.15) is 0 Å². The summed E-state index contributed by atoms with van der Waals surface area (Å²) < 4.78 is 5.38. The first-order chi connectivity index (χ1) is 12.3. The first-order valence-electron chi connectivity index (χ1n) is 9.24. The van der Waals surface area contributed by atoms with Gasteiger partial charge in [0, 0.05) is 37.4 Å². The first kappa shape index (κ1) is 17.8. The lowest BCUT2D eigenvalue weighted by atomic mass is 10.2. The van der Waals surface area contributed by atoms with Crippen LogP contribution in [0.3, 0.4) is 0 Å². The molecule has 3 rings (SSSR count). The molecule has 0 atom stereocenters. The molecule has 0 radical (unpaired) electrons. The molecule has 25 heavy (non-hydrogen) atoms. The van der Waals surface area contributed by atoms with Crippen molar-refractivity contribution in [3.63, 3.8) is 0 Å². The number of benzene rings is 1. The highest BCUT2D eigenvalue weighted by molar-refractivity contribution is 5.81. The van der Waals surface area contributed by atoms with Crippen LogP contribution in [0, 0.1) is 0 Å². The minimum Gasteiger partial charge on any atom is -0.379 e. The Morgan fingerprint density at radius 2 is 2.08 bits per heavy atom. The number of hydrogen-bond donors (Lipinski definition) is 3. The molecule has 0 unspecified atom stereocenters. The number of nitrogens with zero attached hydrogens (tertiary/aromatic N) is 2. The fourth-order valence-corrected chi connectivity index (χ4v) is 3.06. The highest BCUT2D eigenvalue weighted by Gasteiger charge is 2.09. The highest BCUT2D eigenvalue weighted by Crippen LogP contribution is 2.14. The predicted octanol–water partition coefficient (Wildman–Crippen LogP) is 1.95. The molecule has 0 spiro atoms. The lowest BCUT2D eigenvalue weighted by Crippen LogP contribution is -2.40. The van der Waals surface area contributed by atoms with E-state index < -0.39 is 0 Å². The van der Waals surface area contributed by atoms with Crippen molar-refractivity contribution in [2.45, 2.75) is 19.9 Å². The van der Waals surface area contributed by atoms with Gasteiger partial charge in [0.25, 0.3) is 0 Å². The SMILES string of the molecule is CCNC(=NCc1cc2ccccc2[nH]1)NCCCN1CCOCC1. The van der Waals surface area contributed by atoms with E-state index in [0.29, 0.717) is 6.54 Å². The van der Waals surface area contributed by atoms with Crippen molar-refractivity contribution in [2.75, 3.05) is 45.9 Å². The molecule has 1 aromatic heterocycles. The van der Waals surface area contributed by atoms with Crippen LogP contribution in [0.1, 0.15) is 19.0 Å². The molecule has 0 saturated carbocycles. The van der Waals surface area contributed by atoms with E-state index in [1.165, 1.54) is 5.39 Å². The van der Waals surface area contributed by atoms with Crippen molar-refractivity contribution in [2.24, 2.45) is 4.99 Å². The van der Waals surface area contributed by atoms with Crippen LogP contribution in [0.25, 0.3) is 10.9 Å². The average molecular weight is 343 g/mol. The van der Waals surface area contributed by atoms with Gasteiger partial charge >= 0.3 is 0 Å². The van der Waals surface area contributed by atoms with Gasteiger partial charge in [-0.3, -0.25) is 4.90 Å². The van der Waals surface area contributed by atoms with Crippen molar-refractivity contribution in [1.29, 1.82) is 0 Å². The van der Waals surface area contributed by atoms with Crippen LogP contribution in [-0.4, -0.2) is 61.8 Å². The maximum absolute atomic E-state index is 5.38. The molecule has 2 aromatic rings. The molecule has 1 aliphatic heterocycles. The second-order valence-corrected chi connectivity index (χ2v) is 6.31. The van der Waals surface area contributed by atoms with Crippen molar-refractivity contribution < 1.29 is 4.74 Å². The number of para-hydroxylation sites is 1. The molecule has 6 heteroatoms. The van der Waals surface area contributed by atoms with Gasteiger partial charge in [0.2, 0.25) is 0 Å². The number of nitrogens with one attached hydrogen (secondary N) is 3. The molecule has 1 saturated heterocycles. The second-order valence-electron chi connectivity index (χ2n) is 6.31. The van der Waals surface area contributed by atoms with E-state index in [1.54, 1.807) is 0 Å². The Bertz CT molecular complexity index is 642. The van der Waals surface area contributed by atoms with Crippen LogP contribution in [0.5, 0.6) is 0 Å². The monoisotopic (exact) mass is 343 g/mol. The van der Waals surface area contributed by atoms with Crippen LogP contribution >= 0.6 is 0 Å². The number of fused-ring (bicyclic) bond motifs is 1. The van der Waals surface area contributed by atoms with E-state index in [9.17, 15) is 0 Å². The molecular weight excluding hydrogens is 314 g/mol. The van der Waals surface area contributed by atoms with E-state index in [2.05, 4.69) is 51.7 Å². The molecule has 0 bridgehead atoms. The van der Waals surface area contributed by atoms with Gasteiger partial charge in [0.05, 0.1) is 19.8 Å². The Morgan fingerprint density at radius 1 is 1.24 bits per heavy atom. The third kappa shape index (κ3) is 5.47. The number of H-pyrrole nitrogens is 1. The van der Waals surface area contributed by atoms with Crippen LogP contribution in [0.15, 0.2) is 35.3 Å². The number of hydrogen-bond acceptors (Lipinski definition) is 3. The van der Waals surface area contributed by atoms with E-state index in [-0.39, 0.29) is 0 Å². The van der Waals surface area contributed by atoms with Crippen LogP contribution < -0.4 is 10.6 Å². The Morgan fingerprint density at radius 3 is 2.88 bits per heavy atom. The molecule has 3 N–H and O–H groups in total. The van der Waals surface area contributed by atoms with Gasteiger partial charge in [0.15, 0.2) is 5.96 Å². The Balaban J connectivity index is 1.46. The number of guanidine groups is 1. The predicted molar refractivity (Wildman–Crippen MR) is 103 cm³/mol. The number of aromatic nitrogens is 1. The van der Waals surface area contributed by atoms with Gasteiger partial charge in [-0.2, -0.15) is 0 Å². The molecule has 0 amide bonds. The lowest BCUT2D eigenvalue weighted by Gasteiger charge is -2.26. The molecule has 2 heterocycles. The first-order valence-corrected chi connectivity index (χ1v) is 9.24. The van der Waals surface area contributed by atoms with Gasteiger partial charge < -0.3 is 20.4 Å². The fourth-order valence-electron chi connectivity index (χ4n) is 3.06. The fraction of sp³-hybridized carbons (Fsp3) is 0.526. The number of morpholine rings is 1. The van der Waals surface area contributed by atoms with Gasteiger partial charge in [-0.1, -0.05) is 18.2 Å². The topological polar surface area (TPSA) is 64.7 Å². The number of rotatable bonds is 7. The summed E-state index contributed by atoms with van der Waals surface area (Å²) in [5, 5.41) is 7.98. The average Bonchev–Trinajstić information content (AvgIpc) is 3.07. The Labute approximate surface area is 149 Å². The van der Waals surface area contributed by atoms with E-state index in [1.807, 2.05) is 6.07 Å². The van der Waals surface area contributed by atoms with E-state index in [4.69, 9.17) is 9.73 Å². The zero-order valence-corrected chi connectivity index (χ0v) is 15.1. The molecule has 0 aliphatic carbocycles.